The third-order valence-corrected chi connectivity index (χ3v) is 4.18. The van der Waals surface area contributed by atoms with Crippen molar-refractivity contribution < 1.29 is 14.7 Å². The van der Waals surface area contributed by atoms with Crippen LogP contribution in [0, 0.1) is 0 Å². The molecule has 0 aliphatic rings. The molecule has 1 amide bonds. The average molecular weight is 354 g/mol. The van der Waals surface area contributed by atoms with Gasteiger partial charge in [-0.15, -0.1) is 0 Å². The summed E-state index contributed by atoms with van der Waals surface area (Å²) in [6.45, 7) is 0. The molecule has 126 valence electrons. The van der Waals surface area contributed by atoms with Crippen LogP contribution in [0.2, 0.25) is 5.02 Å². The van der Waals surface area contributed by atoms with Crippen molar-refractivity contribution in [2.24, 2.45) is 0 Å². The first-order valence-corrected chi connectivity index (χ1v) is 8.17. The van der Waals surface area contributed by atoms with E-state index in [9.17, 15) is 14.7 Å². The van der Waals surface area contributed by atoms with Crippen LogP contribution in [0.1, 0.15) is 15.9 Å². The first-order valence-electron chi connectivity index (χ1n) is 7.80. The van der Waals surface area contributed by atoms with E-state index in [1.807, 2.05) is 30.3 Å². The Labute approximate surface area is 150 Å². The minimum Gasteiger partial charge on any atom is -0.480 e. The number of carboxylic acids is 1. The number of nitrogens with one attached hydrogen (secondary N) is 1. The monoisotopic (exact) mass is 353 g/mol. The molecule has 3 aromatic rings. The Morgan fingerprint density at radius 2 is 1.72 bits per heavy atom. The molecule has 0 bridgehead atoms. The number of aliphatic carboxylic acids is 1. The molecule has 0 saturated heterocycles. The maximum absolute atomic E-state index is 12.5. The lowest BCUT2D eigenvalue weighted by molar-refractivity contribution is -0.139. The van der Waals surface area contributed by atoms with E-state index in [1.165, 1.54) is 0 Å². The number of carbonyl (C=O) groups is 2. The van der Waals surface area contributed by atoms with E-state index in [-0.39, 0.29) is 6.42 Å². The maximum atomic E-state index is 12.5. The van der Waals surface area contributed by atoms with Crippen molar-refractivity contribution in [3.05, 3.63) is 82.9 Å². The summed E-state index contributed by atoms with van der Waals surface area (Å²) in [6.07, 6.45) is 0.162. The molecule has 4 nitrogen and oxygen atoms in total. The van der Waals surface area contributed by atoms with Crippen molar-refractivity contribution >= 4 is 34.2 Å². The van der Waals surface area contributed by atoms with Gasteiger partial charge in [0.2, 0.25) is 0 Å². The number of hydrogen-bond acceptors (Lipinski definition) is 2. The largest absolute Gasteiger partial charge is 0.480 e. The van der Waals surface area contributed by atoms with Gasteiger partial charge >= 0.3 is 5.97 Å². The molecule has 1 atom stereocenters. The van der Waals surface area contributed by atoms with Gasteiger partial charge in [-0.05, 0) is 40.6 Å². The molecule has 3 rings (SSSR count). The van der Waals surface area contributed by atoms with Gasteiger partial charge in [0.1, 0.15) is 6.04 Å². The van der Waals surface area contributed by atoms with Gasteiger partial charge in [-0.3, -0.25) is 4.79 Å². The Balaban J connectivity index is 1.78. The second-order valence-corrected chi connectivity index (χ2v) is 6.20. The van der Waals surface area contributed by atoms with Crippen LogP contribution in [0.4, 0.5) is 0 Å². The van der Waals surface area contributed by atoms with Crippen molar-refractivity contribution in [2.75, 3.05) is 0 Å². The number of rotatable bonds is 5. The van der Waals surface area contributed by atoms with Crippen LogP contribution in [-0.2, 0) is 11.2 Å². The summed E-state index contributed by atoms with van der Waals surface area (Å²) >= 11 is 5.93. The quantitative estimate of drug-likeness (QED) is 0.730. The van der Waals surface area contributed by atoms with E-state index in [4.69, 9.17) is 11.6 Å². The lowest BCUT2D eigenvalue weighted by Crippen LogP contribution is -2.42. The van der Waals surface area contributed by atoms with E-state index < -0.39 is 17.9 Å². The van der Waals surface area contributed by atoms with E-state index in [0.29, 0.717) is 10.6 Å². The fraction of sp³-hybridized carbons (Fsp3) is 0.100. The third kappa shape index (κ3) is 4.17. The Morgan fingerprint density at radius 3 is 2.44 bits per heavy atom. The molecule has 0 aliphatic carbocycles. The molecule has 0 spiro atoms. The zero-order chi connectivity index (χ0) is 17.8. The number of amides is 1. The van der Waals surface area contributed by atoms with Crippen LogP contribution < -0.4 is 5.32 Å². The lowest BCUT2D eigenvalue weighted by Gasteiger charge is -2.15. The predicted octanol–water partition coefficient (Wildman–Crippen LogP) is 3.92. The van der Waals surface area contributed by atoms with Crippen LogP contribution >= 0.6 is 11.6 Å². The zero-order valence-corrected chi connectivity index (χ0v) is 14.0. The maximum Gasteiger partial charge on any atom is 0.326 e. The van der Waals surface area contributed by atoms with Crippen molar-refractivity contribution in [3.63, 3.8) is 0 Å². The molecule has 2 N–H and O–H groups in total. The average Bonchev–Trinajstić information content (AvgIpc) is 2.60. The number of carbonyl (C=O) groups excluding carboxylic acids is 1. The molecule has 0 aromatic heterocycles. The lowest BCUT2D eigenvalue weighted by atomic mass is 10.0. The fourth-order valence-corrected chi connectivity index (χ4v) is 2.88. The standard InChI is InChI=1S/C20H16ClNO3/c21-17-7-3-4-13(10-17)11-18(20(24)25)22-19(23)16-9-8-14-5-1-2-6-15(14)12-16/h1-10,12,18H,11H2,(H,22,23)(H,24,25)/t18-/m0/s1. The summed E-state index contributed by atoms with van der Waals surface area (Å²) in [7, 11) is 0. The summed E-state index contributed by atoms with van der Waals surface area (Å²) in [6, 6.07) is 18.9. The van der Waals surface area contributed by atoms with Gasteiger partial charge < -0.3 is 10.4 Å². The molecule has 0 saturated carbocycles. The van der Waals surface area contributed by atoms with Gasteiger partial charge in [0.25, 0.3) is 5.91 Å². The molecule has 0 fully saturated rings. The summed E-state index contributed by atoms with van der Waals surface area (Å²) in [5.74, 6) is -1.51. The highest BCUT2D eigenvalue weighted by molar-refractivity contribution is 6.30. The molecule has 0 aliphatic heterocycles. The molecule has 0 radical (unpaired) electrons. The van der Waals surface area contributed by atoms with E-state index >= 15 is 0 Å². The molecular weight excluding hydrogens is 338 g/mol. The number of fused-ring (bicyclic) bond motifs is 1. The van der Waals surface area contributed by atoms with E-state index in [0.717, 1.165) is 16.3 Å². The molecular formula is C20H16ClNO3. The number of halogens is 1. The van der Waals surface area contributed by atoms with Gasteiger partial charge in [-0.25, -0.2) is 4.79 Å². The SMILES string of the molecule is O=C(N[C@@H](Cc1cccc(Cl)c1)C(=O)O)c1ccc2ccccc2c1. The molecule has 25 heavy (non-hydrogen) atoms. The summed E-state index contributed by atoms with van der Waals surface area (Å²) in [5.41, 5.74) is 1.18. The molecule has 3 aromatic carbocycles. The van der Waals surface area contributed by atoms with Crippen LogP contribution in [0.5, 0.6) is 0 Å². The smallest absolute Gasteiger partial charge is 0.326 e. The summed E-state index contributed by atoms with van der Waals surface area (Å²) in [4.78, 5) is 24.0. The van der Waals surface area contributed by atoms with Crippen molar-refractivity contribution in [3.8, 4) is 0 Å². The van der Waals surface area contributed by atoms with Gasteiger partial charge in [-0.1, -0.05) is 54.1 Å². The van der Waals surface area contributed by atoms with Gasteiger partial charge in [0.05, 0.1) is 0 Å². The van der Waals surface area contributed by atoms with Crippen molar-refractivity contribution in [1.29, 1.82) is 0 Å². The van der Waals surface area contributed by atoms with Gasteiger partial charge in [0, 0.05) is 17.0 Å². The zero-order valence-electron chi connectivity index (χ0n) is 13.3. The van der Waals surface area contributed by atoms with Crippen LogP contribution in [-0.4, -0.2) is 23.0 Å². The second-order valence-electron chi connectivity index (χ2n) is 5.76. The Kier molecular flexibility index (Phi) is 5.00. The van der Waals surface area contributed by atoms with Crippen LogP contribution in [0.25, 0.3) is 10.8 Å². The van der Waals surface area contributed by atoms with Gasteiger partial charge in [-0.2, -0.15) is 0 Å². The number of hydrogen-bond donors (Lipinski definition) is 2. The van der Waals surface area contributed by atoms with Crippen LogP contribution in [0.3, 0.4) is 0 Å². The number of benzene rings is 3. The Bertz CT molecular complexity index is 939. The fourth-order valence-electron chi connectivity index (χ4n) is 2.67. The topological polar surface area (TPSA) is 66.4 Å². The van der Waals surface area contributed by atoms with Crippen molar-refractivity contribution in [2.45, 2.75) is 12.5 Å². The Morgan fingerprint density at radius 1 is 0.960 bits per heavy atom. The highest BCUT2D eigenvalue weighted by Crippen LogP contribution is 2.16. The summed E-state index contributed by atoms with van der Waals surface area (Å²) < 4.78 is 0. The highest BCUT2D eigenvalue weighted by atomic mass is 35.5. The molecule has 0 heterocycles. The normalized spacial score (nSPS) is 11.9. The predicted molar refractivity (Wildman–Crippen MR) is 98.0 cm³/mol. The van der Waals surface area contributed by atoms with Gasteiger partial charge in [0.15, 0.2) is 0 Å². The van der Waals surface area contributed by atoms with Crippen molar-refractivity contribution in [1.82, 2.24) is 5.32 Å². The number of carboxylic acid groups (broad SMARTS) is 1. The summed E-state index contributed by atoms with van der Waals surface area (Å²) in [5, 5.41) is 14.5. The Hall–Kier alpha value is -2.85. The minimum absolute atomic E-state index is 0.162. The molecule has 0 unspecified atom stereocenters. The van der Waals surface area contributed by atoms with E-state index in [1.54, 1.807) is 36.4 Å². The second kappa shape index (κ2) is 7.36. The van der Waals surface area contributed by atoms with Crippen LogP contribution in [0.15, 0.2) is 66.7 Å². The first kappa shape index (κ1) is 17.0. The minimum atomic E-state index is -1.09. The highest BCUT2D eigenvalue weighted by Gasteiger charge is 2.21. The third-order valence-electron chi connectivity index (χ3n) is 3.94. The van der Waals surface area contributed by atoms with E-state index in [2.05, 4.69) is 5.32 Å². The molecule has 5 heteroatoms. The first-order chi connectivity index (χ1) is 12.0.